The Morgan fingerprint density at radius 1 is 1.15 bits per heavy atom. The quantitative estimate of drug-likeness (QED) is 0.628. The molecule has 2 N–H and O–H groups in total. The van der Waals surface area contributed by atoms with E-state index in [1.807, 2.05) is 13.8 Å². The highest BCUT2D eigenvalue weighted by atomic mass is 16.5. The molecule has 1 heterocycles. The third-order valence-electron chi connectivity index (χ3n) is 3.67. The minimum Gasteiger partial charge on any atom is -0.481 e. The molecular formula is C18H27N3O5. The van der Waals surface area contributed by atoms with Crippen molar-refractivity contribution in [2.45, 2.75) is 45.7 Å². The highest BCUT2D eigenvalue weighted by molar-refractivity contribution is 5.90. The van der Waals surface area contributed by atoms with Gasteiger partial charge in [-0.3, -0.25) is 9.59 Å². The maximum absolute atomic E-state index is 12.6. The summed E-state index contributed by atoms with van der Waals surface area (Å²) in [4.78, 5) is 40.2. The van der Waals surface area contributed by atoms with Crippen molar-refractivity contribution in [3.63, 3.8) is 0 Å². The van der Waals surface area contributed by atoms with Gasteiger partial charge >= 0.3 is 5.97 Å². The third kappa shape index (κ3) is 6.70. The molecule has 0 aliphatic rings. The van der Waals surface area contributed by atoms with Gasteiger partial charge in [-0.05, 0) is 18.4 Å². The van der Waals surface area contributed by atoms with Crippen molar-refractivity contribution in [3.8, 4) is 5.88 Å². The zero-order valence-electron chi connectivity index (χ0n) is 15.9. The van der Waals surface area contributed by atoms with Crippen molar-refractivity contribution in [2.75, 3.05) is 14.2 Å². The maximum atomic E-state index is 12.6. The summed E-state index contributed by atoms with van der Waals surface area (Å²) in [5, 5.41) is 5.29. The average Bonchev–Trinajstić information content (AvgIpc) is 2.59. The molecule has 144 valence electrons. The zero-order valence-corrected chi connectivity index (χ0v) is 15.9. The largest absolute Gasteiger partial charge is 0.481 e. The van der Waals surface area contributed by atoms with Crippen LogP contribution in [0.3, 0.4) is 0 Å². The Kier molecular flexibility index (Phi) is 8.54. The number of methoxy groups -OCH3 is 2. The van der Waals surface area contributed by atoms with Crippen LogP contribution in [0, 0.1) is 5.92 Å². The lowest BCUT2D eigenvalue weighted by molar-refractivity contribution is -0.145. The van der Waals surface area contributed by atoms with Crippen LogP contribution in [0.1, 0.15) is 32.8 Å². The van der Waals surface area contributed by atoms with Crippen molar-refractivity contribution < 1.29 is 23.9 Å². The minimum atomic E-state index is -0.922. The number of rotatable bonds is 9. The molecule has 0 aliphatic carbocycles. The van der Waals surface area contributed by atoms with E-state index >= 15 is 0 Å². The van der Waals surface area contributed by atoms with Crippen LogP contribution in [0.25, 0.3) is 0 Å². The molecule has 8 nitrogen and oxygen atoms in total. The Hall–Kier alpha value is -2.64. The van der Waals surface area contributed by atoms with Crippen LogP contribution in [0.4, 0.5) is 0 Å². The molecule has 0 bridgehead atoms. The Morgan fingerprint density at radius 2 is 1.85 bits per heavy atom. The maximum Gasteiger partial charge on any atom is 0.328 e. The van der Waals surface area contributed by atoms with E-state index in [2.05, 4.69) is 15.6 Å². The van der Waals surface area contributed by atoms with E-state index in [1.54, 1.807) is 18.3 Å². The SMILES string of the molecule is COC(=O)[C@H](Cc1cccnc1OC)NC(=O)[C@H](CC(C)C)NC(C)=O. The number of aromatic nitrogens is 1. The van der Waals surface area contributed by atoms with Crippen LogP contribution in [0.2, 0.25) is 0 Å². The molecule has 1 aromatic heterocycles. The van der Waals surface area contributed by atoms with Gasteiger partial charge in [0.15, 0.2) is 0 Å². The molecule has 1 rings (SSSR count). The average molecular weight is 365 g/mol. The van der Waals surface area contributed by atoms with E-state index in [1.165, 1.54) is 21.1 Å². The van der Waals surface area contributed by atoms with Crippen molar-refractivity contribution in [2.24, 2.45) is 5.92 Å². The van der Waals surface area contributed by atoms with E-state index in [9.17, 15) is 14.4 Å². The number of nitrogens with zero attached hydrogens (tertiary/aromatic N) is 1. The fourth-order valence-electron chi connectivity index (χ4n) is 2.54. The monoisotopic (exact) mass is 365 g/mol. The number of hydrogen-bond acceptors (Lipinski definition) is 6. The van der Waals surface area contributed by atoms with Crippen LogP contribution in [-0.2, 0) is 25.5 Å². The van der Waals surface area contributed by atoms with Crippen LogP contribution in [0.5, 0.6) is 5.88 Å². The molecular weight excluding hydrogens is 338 g/mol. The fraction of sp³-hybridized carbons (Fsp3) is 0.556. The van der Waals surface area contributed by atoms with Gasteiger partial charge in [0.2, 0.25) is 17.7 Å². The van der Waals surface area contributed by atoms with E-state index in [0.717, 1.165) is 0 Å². The third-order valence-corrected chi connectivity index (χ3v) is 3.67. The molecule has 0 aliphatic heterocycles. The minimum absolute atomic E-state index is 0.157. The highest BCUT2D eigenvalue weighted by Gasteiger charge is 2.28. The van der Waals surface area contributed by atoms with Crippen LogP contribution in [-0.4, -0.2) is 49.1 Å². The van der Waals surface area contributed by atoms with Gasteiger partial charge in [-0.1, -0.05) is 19.9 Å². The number of nitrogens with one attached hydrogen (secondary N) is 2. The second-order valence-corrected chi connectivity index (χ2v) is 6.34. The van der Waals surface area contributed by atoms with Crippen molar-refractivity contribution in [1.29, 1.82) is 0 Å². The second kappa shape index (κ2) is 10.4. The van der Waals surface area contributed by atoms with E-state index in [0.29, 0.717) is 17.9 Å². The number of ether oxygens (including phenoxy) is 2. The van der Waals surface area contributed by atoms with Crippen molar-refractivity contribution >= 4 is 17.8 Å². The molecule has 2 amide bonds. The Balaban J connectivity index is 2.96. The first-order valence-corrected chi connectivity index (χ1v) is 8.41. The lowest BCUT2D eigenvalue weighted by Crippen LogP contribution is -2.52. The van der Waals surface area contributed by atoms with Crippen LogP contribution >= 0.6 is 0 Å². The summed E-state index contributed by atoms with van der Waals surface area (Å²) in [6, 6.07) is 1.82. The number of amides is 2. The van der Waals surface area contributed by atoms with Crippen molar-refractivity contribution in [3.05, 3.63) is 23.9 Å². The first kappa shape index (κ1) is 21.4. The van der Waals surface area contributed by atoms with E-state index in [4.69, 9.17) is 9.47 Å². The van der Waals surface area contributed by atoms with Crippen LogP contribution < -0.4 is 15.4 Å². The van der Waals surface area contributed by atoms with Gasteiger partial charge in [0, 0.05) is 25.1 Å². The number of hydrogen-bond donors (Lipinski definition) is 2. The molecule has 0 aromatic carbocycles. The lowest BCUT2D eigenvalue weighted by atomic mass is 10.0. The Bertz CT molecular complexity index is 633. The predicted octanol–water partition coefficient (Wildman–Crippen LogP) is 0.841. The Labute approximate surface area is 153 Å². The number of carbonyl (C=O) groups is 3. The molecule has 8 heteroatoms. The summed E-state index contributed by atoms with van der Waals surface area (Å²) in [6.45, 7) is 5.24. The summed E-state index contributed by atoms with van der Waals surface area (Å²) in [6.07, 6.45) is 2.18. The fourth-order valence-corrected chi connectivity index (χ4v) is 2.54. The van der Waals surface area contributed by atoms with Gasteiger partial charge in [-0.25, -0.2) is 9.78 Å². The van der Waals surface area contributed by atoms with Gasteiger partial charge < -0.3 is 20.1 Å². The standard InChI is InChI=1S/C18H27N3O5/c1-11(2)9-14(20-12(3)22)16(23)21-15(18(24)26-5)10-13-7-6-8-19-17(13)25-4/h6-8,11,14-15H,9-10H2,1-5H3,(H,20,22)(H,21,23)/t14-,15-/m0/s1. The summed E-state index contributed by atoms with van der Waals surface area (Å²) in [5.41, 5.74) is 0.658. The summed E-state index contributed by atoms with van der Waals surface area (Å²) >= 11 is 0. The topological polar surface area (TPSA) is 107 Å². The van der Waals surface area contributed by atoms with Crippen LogP contribution in [0.15, 0.2) is 18.3 Å². The zero-order chi connectivity index (χ0) is 19.7. The number of pyridine rings is 1. The molecule has 2 atom stereocenters. The summed E-state index contributed by atoms with van der Waals surface area (Å²) in [7, 11) is 2.73. The first-order valence-electron chi connectivity index (χ1n) is 8.41. The van der Waals surface area contributed by atoms with Gasteiger partial charge in [-0.2, -0.15) is 0 Å². The summed E-state index contributed by atoms with van der Waals surface area (Å²) in [5.74, 6) is -0.777. The lowest BCUT2D eigenvalue weighted by Gasteiger charge is -2.23. The normalized spacial score (nSPS) is 12.8. The molecule has 1 aromatic rings. The molecule has 0 saturated carbocycles. The predicted molar refractivity (Wildman–Crippen MR) is 95.5 cm³/mol. The molecule has 0 saturated heterocycles. The molecule has 0 radical (unpaired) electrons. The first-order chi connectivity index (χ1) is 12.3. The number of esters is 1. The Morgan fingerprint density at radius 3 is 2.38 bits per heavy atom. The summed E-state index contributed by atoms with van der Waals surface area (Å²) < 4.78 is 9.98. The van der Waals surface area contributed by atoms with E-state index < -0.39 is 24.0 Å². The van der Waals surface area contributed by atoms with E-state index in [-0.39, 0.29) is 18.2 Å². The van der Waals surface area contributed by atoms with Gasteiger partial charge in [-0.15, -0.1) is 0 Å². The second-order valence-electron chi connectivity index (χ2n) is 6.34. The molecule has 0 fully saturated rings. The van der Waals surface area contributed by atoms with Gasteiger partial charge in [0.25, 0.3) is 0 Å². The molecule has 26 heavy (non-hydrogen) atoms. The molecule has 0 spiro atoms. The van der Waals surface area contributed by atoms with Gasteiger partial charge in [0.1, 0.15) is 12.1 Å². The highest BCUT2D eigenvalue weighted by Crippen LogP contribution is 2.16. The molecule has 0 unspecified atom stereocenters. The number of carbonyl (C=O) groups excluding carboxylic acids is 3. The van der Waals surface area contributed by atoms with Gasteiger partial charge in [0.05, 0.1) is 14.2 Å². The van der Waals surface area contributed by atoms with Crippen molar-refractivity contribution in [1.82, 2.24) is 15.6 Å². The smallest absolute Gasteiger partial charge is 0.328 e.